The maximum absolute atomic E-state index is 12.9. The lowest BCUT2D eigenvalue weighted by atomic mass is 10.0. The fourth-order valence-corrected chi connectivity index (χ4v) is 4.68. The van der Waals surface area contributed by atoms with Gasteiger partial charge in [-0.2, -0.15) is 0 Å². The smallest absolute Gasteiger partial charge is 0.233 e. The van der Waals surface area contributed by atoms with Crippen molar-refractivity contribution >= 4 is 17.7 Å². The van der Waals surface area contributed by atoms with Gasteiger partial charge >= 0.3 is 0 Å². The van der Waals surface area contributed by atoms with Crippen LogP contribution in [0.3, 0.4) is 0 Å². The van der Waals surface area contributed by atoms with Gasteiger partial charge in [-0.1, -0.05) is 49.0 Å². The number of nitrogens with zero attached hydrogens (tertiary/aromatic N) is 4. The number of carbonyl (C=O) groups is 1. The Bertz CT molecular complexity index is 924. The molecule has 7 heteroatoms. The van der Waals surface area contributed by atoms with Crippen LogP contribution in [0.15, 0.2) is 58.3 Å². The largest absolute Gasteiger partial charge is 0.461 e. The standard InChI is InChI=1S/C22H26N4O2S/c1-2-18-11-6-7-13-25(18)20(27)16-29-22-24-23-21(19-12-8-14-28-19)26(22)15-17-9-4-3-5-10-17/h3-5,8-10,12,14,18H,2,6-7,11,13,15-16H2,1H3. The summed E-state index contributed by atoms with van der Waals surface area (Å²) in [4.78, 5) is 14.9. The first kappa shape index (κ1) is 19.8. The molecule has 0 spiro atoms. The maximum atomic E-state index is 12.9. The predicted molar refractivity (Wildman–Crippen MR) is 114 cm³/mol. The molecule has 3 aromatic rings. The first-order chi connectivity index (χ1) is 14.3. The van der Waals surface area contributed by atoms with Crippen LogP contribution in [-0.2, 0) is 11.3 Å². The van der Waals surface area contributed by atoms with Crippen LogP contribution in [0.5, 0.6) is 0 Å². The minimum atomic E-state index is 0.190. The molecule has 1 unspecified atom stereocenters. The minimum Gasteiger partial charge on any atom is -0.461 e. The second-order valence-corrected chi connectivity index (χ2v) is 8.23. The lowest BCUT2D eigenvalue weighted by Gasteiger charge is -2.35. The number of hydrogen-bond acceptors (Lipinski definition) is 5. The van der Waals surface area contributed by atoms with Gasteiger partial charge in [-0.05, 0) is 43.4 Å². The van der Waals surface area contributed by atoms with E-state index in [1.54, 1.807) is 6.26 Å². The quantitative estimate of drug-likeness (QED) is 0.538. The van der Waals surface area contributed by atoms with Crippen molar-refractivity contribution in [1.29, 1.82) is 0 Å². The molecule has 1 amide bonds. The van der Waals surface area contributed by atoms with E-state index >= 15 is 0 Å². The van der Waals surface area contributed by atoms with Gasteiger partial charge in [0.1, 0.15) is 0 Å². The molecular formula is C22H26N4O2S. The van der Waals surface area contributed by atoms with E-state index in [-0.39, 0.29) is 5.91 Å². The van der Waals surface area contributed by atoms with Crippen molar-refractivity contribution in [1.82, 2.24) is 19.7 Å². The van der Waals surface area contributed by atoms with Gasteiger partial charge < -0.3 is 9.32 Å². The summed E-state index contributed by atoms with van der Waals surface area (Å²) < 4.78 is 7.58. The van der Waals surface area contributed by atoms with Gasteiger partial charge in [0.05, 0.1) is 18.6 Å². The summed E-state index contributed by atoms with van der Waals surface area (Å²) in [6.07, 6.45) is 6.07. The summed E-state index contributed by atoms with van der Waals surface area (Å²) in [5.74, 6) is 1.92. The summed E-state index contributed by atoms with van der Waals surface area (Å²) in [7, 11) is 0. The summed E-state index contributed by atoms with van der Waals surface area (Å²) >= 11 is 1.46. The Balaban J connectivity index is 1.53. The highest BCUT2D eigenvalue weighted by atomic mass is 32.2. The summed E-state index contributed by atoms with van der Waals surface area (Å²) in [5, 5.41) is 9.45. The van der Waals surface area contributed by atoms with Gasteiger partial charge in [0, 0.05) is 12.6 Å². The summed E-state index contributed by atoms with van der Waals surface area (Å²) in [5.41, 5.74) is 1.15. The number of benzene rings is 1. The monoisotopic (exact) mass is 410 g/mol. The number of furan rings is 1. The second-order valence-electron chi connectivity index (χ2n) is 7.29. The van der Waals surface area contributed by atoms with Crippen molar-refractivity contribution in [3.63, 3.8) is 0 Å². The fourth-order valence-electron chi connectivity index (χ4n) is 3.85. The molecule has 0 bridgehead atoms. The number of thioether (sulfide) groups is 1. The van der Waals surface area contributed by atoms with E-state index in [0.29, 0.717) is 29.9 Å². The number of carbonyl (C=O) groups excluding carboxylic acids is 1. The van der Waals surface area contributed by atoms with E-state index in [1.165, 1.54) is 18.2 Å². The minimum absolute atomic E-state index is 0.190. The van der Waals surface area contributed by atoms with Gasteiger partial charge in [-0.15, -0.1) is 10.2 Å². The summed E-state index contributed by atoms with van der Waals surface area (Å²) in [6.45, 7) is 3.66. The third-order valence-corrected chi connectivity index (χ3v) is 6.34. The van der Waals surface area contributed by atoms with Crippen LogP contribution >= 0.6 is 11.8 Å². The Morgan fingerprint density at radius 2 is 2.03 bits per heavy atom. The van der Waals surface area contributed by atoms with Crippen LogP contribution in [0.4, 0.5) is 0 Å². The zero-order valence-electron chi connectivity index (χ0n) is 16.7. The molecular weight excluding hydrogens is 384 g/mol. The van der Waals surface area contributed by atoms with Gasteiger partial charge in [0.25, 0.3) is 0 Å². The molecule has 152 valence electrons. The van der Waals surface area contributed by atoms with Crippen LogP contribution < -0.4 is 0 Å². The lowest BCUT2D eigenvalue weighted by molar-refractivity contribution is -0.132. The first-order valence-electron chi connectivity index (χ1n) is 10.2. The van der Waals surface area contributed by atoms with Crippen LogP contribution in [0.1, 0.15) is 38.2 Å². The van der Waals surface area contributed by atoms with Crippen LogP contribution in [0, 0.1) is 0 Å². The average Bonchev–Trinajstić information content (AvgIpc) is 3.43. The zero-order chi connectivity index (χ0) is 20.1. The number of aromatic nitrogens is 3. The van der Waals surface area contributed by atoms with E-state index < -0.39 is 0 Å². The van der Waals surface area contributed by atoms with Crippen molar-refractivity contribution in [3.8, 4) is 11.6 Å². The van der Waals surface area contributed by atoms with Crippen molar-refractivity contribution in [3.05, 3.63) is 54.3 Å². The number of rotatable bonds is 7. The normalized spacial score (nSPS) is 16.9. The SMILES string of the molecule is CCC1CCCCN1C(=O)CSc1nnc(-c2ccco2)n1Cc1ccccc1. The Hall–Kier alpha value is -2.54. The molecule has 1 aromatic carbocycles. The number of hydrogen-bond donors (Lipinski definition) is 0. The van der Waals surface area contributed by atoms with Crippen molar-refractivity contribution in [2.24, 2.45) is 0 Å². The molecule has 3 heterocycles. The Morgan fingerprint density at radius 1 is 1.17 bits per heavy atom. The highest BCUT2D eigenvalue weighted by Crippen LogP contribution is 2.27. The molecule has 1 aliphatic rings. The molecule has 2 aromatic heterocycles. The lowest BCUT2D eigenvalue weighted by Crippen LogP contribution is -2.44. The Labute approximate surface area is 175 Å². The predicted octanol–water partition coefficient (Wildman–Crippen LogP) is 4.47. The molecule has 1 saturated heterocycles. The van der Waals surface area contributed by atoms with E-state index in [0.717, 1.165) is 36.5 Å². The molecule has 1 aliphatic heterocycles. The molecule has 0 saturated carbocycles. The number of amides is 1. The van der Waals surface area contributed by atoms with Crippen molar-refractivity contribution < 1.29 is 9.21 Å². The van der Waals surface area contributed by atoms with Crippen LogP contribution in [0.2, 0.25) is 0 Å². The maximum Gasteiger partial charge on any atom is 0.233 e. The molecule has 0 radical (unpaired) electrons. The van der Waals surface area contributed by atoms with E-state index in [4.69, 9.17) is 4.42 Å². The molecule has 0 aliphatic carbocycles. The zero-order valence-corrected chi connectivity index (χ0v) is 17.5. The van der Waals surface area contributed by atoms with Crippen molar-refractivity contribution in [2.45, 2.75) is 50.4 Å². The molecule has 4 rings (SSSR count). The topological polar surface area (TPSA) is 64.2 Å². The number of likely N-dealkylation sites (tertiary alicyclic amines) is 1. The molecule has 1 atom stereocenters. The van der Waals surface area contributed by atoms with Gasteiger partial charge in [-0.25, -0.2) is 0 Å². The molecule has 0 N–H and O–H groups in total. The van der Waals surface area contributed by atoms with Crippen molar-refractivity contribution in [2.75, 3.05) is 12.3 Å². The van der Waals surface area contributed by atoms with Gasteiger partial charge in [0.15, 0.2) is 10.9 Å². The third-order valence-electron chi connectivity index (χ3n) is 5.39. The highest BCUT2D eigenvalue weighted by Gasteiger charge is 2.26. The Kier molecular flexibility index (Phi) is 6.34. The summed E-state index contributed by atoms with van der Waals surface area (Å²) in [6, 6.07) is 14.3. The molecule has 6 nitrogen and oxygen atoms in total. The number of piperidine rings is 1. The van der Waals surface area contributed by atoms with Crippen LogP contribution in [0.25, 0.3) is 11.6 Å². The second kappa shape index (κ2) is 9.31. The Morgan fingerprint density at radius 3 is 2.79 bits per heavy atom. The van der Waals surface area contributed by atoms with Gasteiger partial charge in [0.2, 0.25) is 11.7 Å². The third kappa shape index (κ3) is 4.56. The van der Waals surface area contributed by atoms with Crippen LogP contribution in [-0.4, -0.2) is 43.9 Å². The van der Waals surface area contributed by atoms with E-state index in [9.17, 15) is 4.79 Å². The van der Waals surface area contributed by atoms with Gasteiger partial charge in [-0.3, -0.25) is 9.36 Å². The molecule has 1 fully saturated rings. The molecule has 29 heavy (non-hydrogen) atoms. The highest BCUT2D eigenvalue weighted by molar-refractivity contribution is 7.99. The average molecular weight is 411 g/mol. The van der Waals surface area contributed by atoms with E-state index in [2.05, 4.69) is 34.2 Å². The van der Waals surface area contributed by atoms with E-state index in [1.807, 2.05) is 34.9 Å². The first-order valence-corrected chi connectivity index (χ1v) is 11.2. The fraction of sp³-hybridized carbons (Fsp3) is 0.409.